The zero-order valence-corrected chi connectivity index (χ0v) is 9.12. The van der Waals surface area contributed by atoms with Gasteiger partial charge in [-0.05, 0) is 34.6 Å². The predicted octanol–water partition coefficient (Wildman–Crippen LogP) is 1.49. The van der Waals surface area contributed by atoms with Gasteiger partial charge in [0.2, 0.25) is 0 Å². The lowest BCUT2D eigenvalue weighted by atomic mass is 10.1. The highest BCUT2D eigenvalue weighted by molar-refractivity contribution is 5.85. The van der Waals surface area contributed by atoms with Gasteiger partial charge in [-0.3, -0.25) is 4.79 Å². The highest BCUT2D eigenvalue weighted by Crippen LogP contribution is 2.11. The molecule has 12 heavy (non-hydrogen) atoms. The van der Waals surface area contributed by atoms with Gasteiger partial charge in [0.05, 0.1) is 0 Å². The van der Waals surface area contributed by atoms with Crippen LogP contribution in [0.25, 0.3) is 0 Å². The van der Waals surface area contributed by atoms with Crippen LogP contribution in [-0.2, 0) is 9.53 Å². The maximum Gasteiger partial charge on any atom is 0.326 e. The third-order valence-electron chi connectivity index (χ3n) is 0.925. The Morgan fingerprint density at radius 2 is 1.50 bits per heavy atom. The second-order valence-corrected chi connectivity index (χ2v) is 4.22. The first-order valence-electron chi connectivity index (χ1n) is 3.65. The number of hydrogen-bond acceptors (Lipinski definition) is 3. The first-order valence-corrected chi connectivity index (χ1v) is 3.65. The van der Waals surface area contributed by atoms with Crippen molar-refractivity contribution in [3.8, 4) is 0 Å². The molecule has 0 saturated heterocycles. The molecule has 0 aliphatic carbocycles. The molecule has 0 atom stereocenters. The van der Waals surface area contributed by atoms with E-state index in [1.54, 1.807) is 13.8 Å². The molecule has 0 aliphatic heterocycles. The van der Waals surface area contributed by atoms with Crippen LogP contribution in [0.5, 0.6) is 0 Å². The minimum Gasteiger partial charge on any atom is -0.459 e. The average molecular weight is 196 g/mol. The molecule has 74 valence electrons. The quantitative estimate of drug-likeness (QED) is 0.645. The summed E-state index contributed by atoms with van der Waals surface area (Å²) in [6.45, 7) is 8.70. The maximum atomic E-state index is 11.1. The molecule has 2 N–H and O–H groups in total. The Bertz CT molecular complexity index is 155. The number of nitrogens with two attached hydrogens (primary N) is 1. The van der Waals surface area contributed by atoms with Gasteiger partial charge in [-0.15, -0.1) is 12.4 Å². The maximum absolute atomic E-state index is 11.1. The van der Waals surface area contributed by atoms with Gasteiger partial charge in [0, 0.05) is 0 Å². The second kappa shape index (κ2) is 4.10. The van der Waals surface area contributed by atoms with Gasteiger partial charge in [-0.1, -0.05) is 0 Å². The highest BCUT2D eigenvalue weighted by Gasteiger charge is 2.27. The molecule has 0 unspecified atom stereocenters. The summed E-state index contributed by atoms with van der Waals surface area (Å²) in [6, 6.07) is 0. The number of halogens is 1. The number of hydrogen-bond donors (Lipinski definition) is 1. The van der Waals surface area contributed by atoms with Crippen LogP contribution in [0.3, 0.4) is 0 Å². The van der Waals surface area contributed by atoms with Crippen molar-refractivity contribution in [2.24, 2.45) is 5.73 Å². The number of ether oxygens (including phenoxy) is 1. The van der Waals surface area contributed by atoms with E-state index in [0.717, 1.165) is 0 Å². The Hall–Kier alpha value is -0.280. The minimum atomic E-state index is -0.896. The van der Waals surface area contributed by atoms with Crippen LogP contribution in [0, 0.1) is 0 Å². The Morgan fingerprint density at radius 3 is 1.58 bits per heavy atom. The molecule has 0 heterocycles. The zero-order chi connectivity index (χ0) is 9.28. The molecule has 0 radical (unpaired) electrons. The Balaban J connectivity index is 0. The fourth-order valence-corrected chi connectivity index (χ4v) is 0.410. The van der Waals surface area contributed by atoms with Gasteiger partial charge in [-0.2, -0.15) is 0 Å². The summed E-state index contributed by atoms with van der Waals surface area (Å²) >= 11 is 0. The molecule has 0 amide bonds. The van der Waals surface area contributed by atoms with E-state index in [9.17, 15) is 4.79 Å². The molecule has 0 fully saturated rings. The summed E-state index contributed by atoms with van der Waals surface area (Å²) in [5.41, 5.74) is 4.17. The number of esters is 1. The van der Waals surface area contributed by atoms with Crippen molar-refractivity contribution in [3.63, 3.8) is 0 Å². The molecule has 0 rings (SSSR count). The van der Waals surface area contributed by atoms with Gasteiger partial charge in [0.15, 0.2) is 0 Å². The third-order valence-corrected chi connectivity index (χ3v) is 0.925. The summed E-state index contributed by atoms with van der Waals surface area (Å²) in [5.74, 6) is -0.370. The van der Waals surface area contributed by atoms with Gasteiger partial charge in [-0.25, -0.2) is 0 Å². The van der Waals surface area contributed by atoms with Crippen molar-refractivity contribution in [1.29, 1.82) is 0 Å². The molecular weight excluding hydrogens is 178 g/mol. The molecule has 3 nitrogen and oxygen atoms in total. The van der Waals surface area contributed by atoms with Crippen LogP contribution >= 0.6 is 12.4 Å². The fourth-order valence-electron chi connectivity index (χ4n) is 0.410. The molecule has 0 spiro atoms. The second-order valence-electron chi connectivity index (χ2n) is 4.22. The van der Waals surface area contributed by atoms with Crippen molar-refractivity contribution in [2.45, 2.75) is 45.8 Å². The van der Waals surface area contributed by atoms with E-state index in [1.807, 2.05) is 20.8 Å². The van der Waals surface area contributed by atoms with E-state index >= 15 is 0 Å². The van der Waals surface area contributed by atoms with Crippen LogP contribution in [0.4, 0.5) is 0 Å². The van der Waals surface area contributed by atoms with Crippen molar-refractivity contribution >= 4 is 18.4 Å². The predicted molar refractivity (Wildman–Crippen MR) is 51.4 cm³/mol. The largest absolute Gasteiger partial charge is 0.459 e. The van der Waals surface area contributed by atoms with E-state index in [1.165, 1.54) is 0 Å². The Labute approximate surface area is 80.1 Å². The topological polar surface area (TPSA) is 52.3 Å². The molecule has 0 saturated carbocycles. The van der Waals surface area contributed by atoms with Crippen molar-refractivity contribution < 1.29 is 9.53 Å². The van der Waals surface area contributed by atoms with Crippen molar-refractivity contribution in [1.82, 2.24) is 0 Å². The lowest BCUT2D eigenvalue weighted by molar-refractivity contribution is -0.160. The summed E-state index contributed by atoms with van der Waals surface area (Å²) < 4.78 is 5.04. The first-order chi connectivity index (χ1) is 4.63. The van der Waals surface area contributed by atoms with Crippen LogP contribution < -0.4 is 5.73 Å². The van der Waals surface area contributed by atoms with Gasteiger partial charge in [0.25, 0.3) is 0 Å². The third kappa shape index (κ3) is 6.43. The molecule has 0 aromatic rings. The zero-order valence-electron chi connectivity index (χ0n) is 8.30. The highest BCUT2D eigenvalue weighted by atomic mass is 35.5. The van der Waals surface area contributed by atoms with E-state index in [-0.39, 0.29) is 18.4 Å². The lowest BCUT2D eigenvalue weighted by Crippen LogP contribution is -2.45. The van der Waals surface area contributed by atoms with E-state index < -0.39 is 11.1 Å². The molecule has 0 bridgehead atoms. The van der Waals surface area contributed by atoms with Crippen LogP contribution in [0.15, 0.2) is 0 Å². The smallest absolute Gasteiger partial charge is 0.326 e. The van der Waals surface area contributed by atoms with Gasteiger partial charge < -0.3 is 10.5 Å². The monoisotopic (exact) mass is 195 g/mol. The van der Waals surface area contributed by atoms with Gasteiger partial charge in [0.1, 0.15) is 11.1 Å². The summed E-state index contributed by atoms with van der Waals surface area (Å²) in [5, 5.41) is 0. The minimum absolute atomic E-state index is 0. The Morgan fingerprint density at radius 1 is 1.17 bits per heavy atom. The molecule has 0 aliphatic rings. The van der Waals surface area contributed by atoms with Crippen LogP contribution in [-0.4, -0.2) is 17.1 Å². The summed E-state index contributed by atoms with van der Waals surface area (Å²) in [6.07, 6.45) is 0. The van der Waals surface area contributed by atoms with E-state index in [0.29, 0.717) is 0 Å². The number of carbonyl (C=O) groups excluding carboxylic acids is 1. The molecule has 0 aromatic heterocycles. The van der Waals surface area contributed by atoms with Crippen molar-refractivity contribution in [2.75, 3.05) is 0 Å². The van der Waals surface area contributed by atoms with Gasteiger partial charge >= 0.3 is 5.97 Å². The summed E-state index contributed by atoms with van der Waals surface area (Å²) in [7, 11) is 0. The fraction of sp³-hybridized carbons (Fsp3) is 0.875. The number of carbonyl (C=O) groups is 1. The SMILES string of the molecule is CC(C)(C)OC(=O)C(C)(C)N.Cl. The molecule has 0 aromatic carbocycles. The average Bonchev–Trinajstić information content (AvgIpc) is 1.56. The molecule has 4 heteroatoms. The van der Waals surface area contributed by atoms with E-state index in [4.69, 9.17) is 10.5 Å². The standard InChI is InChI=1S/C8H17NO2.ClH/c1-7(2,3)11-6(10)8(4,5)9;/h9H2,1-5H3;1H. The normalized spacial score (nSPS) is 11.8. The van der Waals surface area contributed by atoms with Crippen molar-refractivity contribution in [3.05, 3.63) is 0 Å². The number of rotatable bonds is 1. The van der Waals surface area contributed by atoms with E-state index in [2.05, 4.69) is 0 Å². The lowest BCUT2D eigenvalue weighted by Gasteiger charge is -2.25. The Kier molecular flexibility index (Phi) is 4.87. The molecular formula is C8H18ClNO2. The van der Waals surface area contributed by atoms with Crippen LogP contribution in [0.2, 0.25) is 0 Å². The summed E-state index contributed by atoms with van der Waals surface area (Å²) in [4.78, 5) is 11.1. The van der Waals surface area contributed by atoms with Crippen LogP contribution in [0.1, 0.15) is 34.6 Å². The first kappa shape index (κ1) is 14.3.